The van der Waals surface area contributed by atoms with Crippen LogP contribution >= 0.6 is 11.3 Å². The summed E-state index contributed by atoms with van der Waals surface area (Å²) in [6.07, 6.45) is 8.80. The summed E-state index contributed by atoms with van der Waals surface area (Å²) in [5, 5.41) is 16.1. The van der Waals surface area contributed by atoms with Gasteiger partial charge in [0.2, 0.25) is 5.82 Å². The predicted molar refractivity (Wildman–Crippen MR) is 70.1 cm³/mol. The van der Waals surface area contributed by atoms with E-state index in [0.29, 0.717) is 10.8 Å². The first-order valence-corrected chi connectivity index (χ1v) is 6.65. The quantitative estimate of drug-likeness (QED) is 0.525. The van der Waals surface area contributed by atoms with Gasteiger partial charge in [-0.2, -0.15) is 9.38 Å². The van der Waals surface area contributed by atoms with Crippen molar-refractivity contribution in [3.8, 4) is 0 Å². The lowest BCUT2D eigenvalue weighted by Gasteiger charge is -2.18. The summed E-state index contributed by atoms with van der Waals surface area (Å²) in [6.45, 7) is 0. The molecule has 6 nitrogen and oxygen atoms in total. The smallest absolute Gasteiger partial charge is 0.360 e. The topological polar surface area (TPSA) is 72.5 Å². The number of fused-ring (bicyclic) bond motifs is 1. The van der Waals surface area contributed by atoms with Gasteiger partial charge in [-0.3, -0.25) is 0 Å². The van der Waals surface area contributed by atoms with Gasteiger partial charge in [0.25, 0.3) is 4.96 Å². The lowest BCUT2D eigenvalue weighted by molar-refractivity contribution is -0.389. The fraction of sp³-hybridized carbons (Fsp3) is 0.364. The number of thiazole rings is 1. The van der Waals surface area contributed by atoms with E-state index in [9.17, 15) is 10.1 Å². The van der Waals surface area contributed by atoms with E-state index in [2.05, 4.69) is 22.5 Å². The van der Waals surface area contributed by atoms with E-state index in [1.807, 2.05) is 0 Å². The first-order valence-electron chi connectivity index (χ1n) is 5.77. The first-order chi connectivity index (χ1) is 8.75. The molecule has 0 amide bonds. The van der Waals surface area contributed by atoms with Crippen molar-refractivity contribution in [3.05, 3.63) is 33.8 Å². The molecule has 0 aromatic carbocycles. The molecule has 1 N–H and O–H groups in total. The zero-order chi connectivity index (χ0) is 12.5. The Bertz CT molecular complexity index is 616. The minimum Gasteiger partial charge on any atom is -0.360 e. The van der Waals surface area contributed by atoms with Crippen LogP contribution in [0.5, 0.6) is 0 Å². The van der Waals surface area contributed by atoms with Gasteiger partial charge in [-0.25, -0.2) is 0 Å². The van der Waals surface area contributed by atoms with E-state index >= 15 is 0 Å². The Labute approximate surface area is 107 Å². The third kappa shape index (κ3) is 1.86. The third-order valence-corrected chi connectivity index (χ3v) is 3.78. The molecule has 0 bridgehead atoms. The SMILES string of the molecule is O=[N+]([O-])c1c(NC2CC=CCC2)nc2sccn12. The van der Waals surface area contributed by atoms with Gasteiger partial charge in [0.15, 0.2) is 0 Å². The number of nitrogens with zero attached hydrogens (tertiary/aromatic N) is 3. The van der Waals surface area contributed by atoms with E-state index in [1.165, 1.54) is 15.7 Å². The van der Waals surface area contributed by atoms with Crippen molar-refractivity contribution in [1.82, 2.24) is 9.38 Å². The molecule has 0 fully saturated rings. The molecule has 1 atom stereocenters. The molecule has 1 aliphatic carbocycles. The monoisotopic (exact) mass is 264 g/mol. The summed E-state index contributed by atoms with van der Waals surface area (Å²) in [7, 11) is 0. The minimum atomic E-state index is -0.381. The van der Waals surface area contributed by atoms with E-state index in [-0.39, 0.29) is 16.8 Å². The highest BCUT2D eigenvalue weighted by Gasteiger charge is 2.25. The molecule has 3 rings (SSSR count). The van der Waals surface area contributed by atoms with E-state index in [1.54, 1.807) is 11.6 Å². The molecule has 2 aromatic heterocycles. The fourth-order valence-corrected chi connectivity index (χ4v) is 2.87. The maximum atomic E-state index is 11.1. The maximum absolute atomic E-state index is 11.1. The second-order valence-corrected chi connectivity index (χ2v) is 5.10. The molecule has 94 valence electrons. The van der Waals surface area contributed by atoms with Gasteiger partial charge in [0.05, 0.1) is 0 Å². The number of imidazole rings is 1. The molecule has 2 heterocycles. The van der Waals surface area contributed by atoms with Crippen LogP contribution in [0.25, 0.3) is 4.96 Å². The van der Waals surface area contributed by atoms with Gasteiger partial charge < -0.3 is 15.4 Å². The molecule has 0 saturated heterocycles. The molecule has 7 heteroatoms. The number of hydrogen-bond acceptors (Lipinski definition) is 5. The summed E-state index contributed by atoms with van der Waals surface area (Å²) < 4.78 is 1.52. The fourth-order valence-electron chi connectivity index (χ4n) is 2.16. The zero-order valence-corrected chi connectivity index (χ0v) is 10.4. The lowest BCUT2D eigenvalue weighted by atomic mass is 10.0. The summed E-state index contributed by atoms with van der Waals surface area (Å²) in [5.74, 6) is 0.410. The highest BCUT2D eigenvalue weighted by atomic mass is 32.1. The van der Waals surface area contributed by atoms with Crippen LogP contribution in [0.1, 0.15) is 19.3 Å². The molecular weight excluding hydrogens is 252 g/mol. The summed E-state index contributed by atoms with van der Waals surface area (Å²) in [5.41, 5.74) is 0. The van der Waals surface area contributed by atoms with E-state index in [0.717, 1.165) is 19.3 Å². The number of anilines is 1. The molecule has 1 aliphatic rings. The number of aromatic nitrogens is 2. The van der Waals surface area contributed by atoms with Crippen LogP contribution in [-0.4, -0.2) is 20.3 Å². The second kappa shape index (κ2) is 4.41. The average Bonchev–Trinajstić information content (AvgIpc) is 2.89. The first kappa shape index (κ1) is 11.2. The average molecular weight is 264 g/mol. The lowest BCUT2D eigenvalue weighted by Crippen LogP contribution is -2.21. The van der Waals surface area contributed by atoms with Gasteiger partial charge in [0, 0.05) is 11.4 Å². The number of allylic oxidation sites excluding steroid dienone is 1. The minimum absolute atomic E-state index is 0.0285. The van der Waals surface area contributed by atoms with Crippen molar-refractivity contribution < 1.29 is 4.92 Å². The summed E-state index contributed by atoms with van der Waals surface area (Å²) in [6, 6.07) is 0.235. The van der Waals surface area contributed by atoms with E-state index in [4.69, 9.17) is 0 Å². The van der Waals surface area contributed by atoms with Crippen LogP contribution in [0.15, 0.2) is 23.7 Å². The molecule has 18 heavy (non-hydrogen) atoms. The Kier molecular flexibility index (Phi) is 2.75. The van der Waals surface area contributed by atoms with Crippen molar-refractivity contribution in [2.45, 2.75) is 25.3 Å². The molecule has 0 saturated carbocycles. The standard InChI is InChI=1S/C11H12N4O2S/c16-15(17)10-9(12-8-4-2-1-3-5-8)13-11-14(10)6-7-18-11/h1-2,6-8,12H,3-5H2. The number of rotatable bonds is 3. The maximum Gasteiger partial charge on any atom is 0.372 e. The molecule has 1 unspecified atom stereocenters. The van der Waals surface area contributed by atoms with Gasteiger partial charge in [-0.1, -0.05) is 23.5 Å². The largest absolute Gasteiger partial charge is 0.372 e. The van der Waals surface area contributed by atoms with Crippen LogP contribution in [0.4, 0.5) is 11.6 Å². The van der Waals surface area contributed by atoms with Gasteiger partial charge in [-0.05, 0) is 24.2 Å². The Balaban J connectivity index is 1.95. The Morgan fingerprint density at radius 1 is 1.56 bits per heavy atom. The van der Waals surface area contributed by atoms with Gasteiger partial charge in [-0.15, -0.1) is 0 Å². The van der Waals surface area contributed by atoms with Crippen LogP contribution in [-0.2, 0) is 0 Å². The molecule has 0 aliphatic heterocycles. The molecule has 2 aromatic rings. The Morgan fingerprint density at radius 3 is 3.17 bits per heavy atom. The Morgan fingerprint density at radius 2 is 2.44 bits per heavy atom. The summed E-state index contributed by atoms with van der Waals surface area (Å²) >= 11 is 1.40. The number of nitrogens with one attached hydrogen (secondary N) is 1. The van der Waals surface area contributed by atoms with Gasteiger partial charge in [0.1, 0.15) is 6.20 Å². The number of hydrogen-bond donors (Lipinski definition) is 1. The Hall–Kier alpha value is -1.89. The van der Waals surface area contributed by atoms with Crippen LogP contribution < -0.4 is 5.32 Å². The van der Waals surface area contributed by atoms with Crippen molar-refractivity contribution >= 4 is 27.9 Å². The zero-order valence-electron chi connectivity index (χ0n) is 9.57. The van der Waals surface area contributed by atoms with Crippen LogP contribution in [0.2, 0.25) is 0 Å². The van der Waals surface area contributed by atoms with Crippen LogP contribution in [0.3, 0.4) is 0 Å². The van der Waals surface area contributed by atoms with Crippen molar-refractivity contribution in [1.29, 1.82) is 0 Å². The third-order valence-electron chi connectivity index (χ3n) is 3.02. The predicted octanol–water partition coefficient (Wildman–Crippen LogP) is 2.82. The van der Waals surface area contributed by atoms with Gasteiger partial charge >= 0.3 is 5.82 Å². The second-order valence-electron chi connectivity index (χ2n) is 4.22. The number of nitro groups is 1. The molecule has 0 radical (unpaired) electrons. The highest BCUT2D eigenvalue weighted by Crippen LogP contribution is 2.29. The molecule has 0 spiro atoms. The highest BCUT2D eigenvalue weighted by molar-refractivity contribution is 7.15. The van der Waals surface area contributed by atoms with Crippen molar-refractivity contribution in [3.63, 3.8) is 0 Å². The summed E-state index contributed by atoms with van der Waals surface area (Å²) in [4.78, 5) is 15.7. The van der Waals surface area contributed by atoms with E-state index < -0.39 is 0 Å². The molecular formula is C11H12N4O2S. The van der Waals surface area contributed by atoms with Crippen molar-refractivity contribution in [2.75, 3.05) is 5.32 Å². The van der Waals surface area contributed by atoms with Crippen molar-refractivity contribution in [2.24, 2.45) is 0 Å². The van der Waals surface area contributed by atoms with Crippen LogP contribution in [0, 0.1) is 10.1 Å². The normalized spacial score (nSPS) is 19.2.